The number of aliphatic carboxylic acids is 1. The van der Waals surface area contributed by atoms with Crippen LogP contribution in [0.15, 0.2) is 24.3 Å². The average Bonchev–Trinajstić information content (AvgIpc) is 2.28. The molecule has 0 heterocycles. The minimum atomic E-state index is -0.960. The smallest absolute Gasteiger partial charge is 0.305 e. The fourth-order valence-electron chi connectivity index (χ4n) is 1.23. The molecule has 0 bridgehead atoms. The highest BCUT2D eigenvalue weighted by Crippen LogP contribution is 2.18. The second-order valence-electron chi connectivity index (χ2n) is 3.65. The summed E-state index contributed by atoms with van der Waals surface area (Å²) in [7, 11) is 0. The predicted molar refractivity (Wildman–Crippen MR) is 66.8 cm³/mol. The van der Waals surface area contributed by atoms with Gasteiger partial charge < -0.3 is 15.2 Å². The van der Waals surface area contributed by atoms with E-state index in [2.05, 4.69) is 5.32 Å². The molecule has 0 spiro atoms. The zero-order valence-corrected chi connectivity index (χ0v) is 10.6. The standard InChI is InChI=1S/C12H14ClNO4/c1-8(12(17)14-6-5-11(15)16)18-10-4-2-3-9(13)7-10/h2-4,7-8H,5-6H2,1H3,(H,14,17)(H,15,16). The van der Waals surface area contributed by atoms with Crippen LogP contribution in [-0.4, -0.2) is 29.6 Å². The summed E-state index contributed by atoms with van der Waals surface area (Å²) in [5.74, 6) is -0.835. The number of ether oxygens (including phenoxy) is 1. The molecule has 5 nitrogen and oxygen atoms in total. The Morgan fingerprint density at radius 3 is 2.83 bits per heavy atom. The van der Waals surface area contributed by atoms with Crippen LogP contribution >= 0.6 is 11.6 Å². The van der Waals surface area contributed by atoms with E-state index in [0.717, 1.165) is 0 Å². The summed E-state index contributed by atoms with van der Waals surface area (Å²) < 4.78 is 5.37. The molecule has 0 aliphatic heterocycles. The number of rotatable bonds is 6. The van der Waals surface area contributed by atoms with Gasteiger partial charge in [0.1, 0.15) is 5.75 Å². The summed E-state index contributed by atoms with van der Waals surface area (Å²) in [4.78, 5) is 21.8. The monoisotopic (exact) mass is 271 g/mol. The fraction of sp³-hybridized carbons (Fsp3) is 0.333. The Kier molecular flexibility index (Phi) is 5.45. The second-order valence-corrected chi connectivity index (χ2v) is 4.09. The van der Waals surface area contributed by atoms with Gasteiger partial charge in [0.2, 0.25) is 0 Å². The maximum atomic E-state index is 11.6. The van der Waals surface area contributed by atoms with Crippen LogP contribution in [0.5, 0.6) is 5.75 Å². The molecule has 0 saturated carbocycles. The highest BCUT2D eigenvalue weighted by molar-refractivity contribution is 6.30. The first-order valence-corrected chi connectivity index (χ1v) is 5.78. The first-order chi connectivity index (χ1) is 8.49. The number of benzene rings is 1. The number of carbonyl (C=O) groups excluding carboxylic acids is 1. The summed E-state index contributed by atoms with van der Waals surface area (Å²) in [6, 6.07) is 6.70. The average molecular weight is 272 g/mol. The van der Waals surface area contributed by atoms with Gasteiger partial charge in [-0.3, -0.25) is 9.59 Å². The van der Waals surface area contributed by atoms with E-state index in [4.69, 9.17) is 21.4 Å². The van der Waals surface area contributed by atoms with Gasteiger partial charge in [-0.2, -0.15) is 0 Å². The van der Waals surface area contributed by atoms with E-state index in [1.807, 2.05) is 0 Å². The minimum absolute atomic E-state index is 0.0808. The first-order valence-electron chi connectivity index (χ1n) is 5.41. The van der Waals surface area contributed by atoms with Gasteiger partial charge in [-0.05, 0) is 25.1 Å². The number of hydrogen-bond donors (Lipinski definition) is 2. The highest BCUT2D eigenvalue weighted by atomic mass is 35.5. The van der Waals surface area contributed by atoms with Crippen molar-refractivity contribution >= 4 is 23.5 Å². The van der Waals surface area contributed by atoms with E-state index in [-0.39, 0.29) is 18.9 Å². The molecule has 0 fully saturated rings. The molecule has 1 unspecified atom stereocenters. The van der Waals surface area contributed by atoms with Crippen molar-refractivity contribution in [3.05, 3.63) is 29.3 Å². The molecule has 2 N–H and O–H groups in total. The number of amides is 1. The Morgan fingerprint density at radius 2 is 2.22 bits per heavy atom. The van der Waals surface area contributed by atoms with Crippen molar-refractivity contribution < 1.29 is 19.4 Å². The van der Waals surface area contributed by atoms with E-state index in [1.54, 1.807) is 31.2 Å². The van der Waals surface area contributed by atoms with Crippen LogP contribution in [0.2, 0.25) is 5.02 Å². The Bertz CT molecular complexity index is 436. The van der Waals surface area contributed by atoms with Crippen LogP contribution in [-0.2, 0) is 9.59 Å². The molecule has 98 valence electrons. The third kappa shape index (κ3) is 5.05. The summed E-state index contributed by atoms with van der Waals surface area (Å²) in [6.07, 6.45) is -0.826. The van der Waals surface area contributed by atoms with Gasteiger partial charge in [0.05, 0.1) is 6.42 Å². The maximum absolute atomic E-state index is 11.6. The zero-order valence-electron chi connectivity index (χ0n) is 9.85. The predicted octanol–water partition coefficient (Wildman–Crippen LogP) is 1.70. The third-order valence-corrected chi connectivity index (χ3v) is 2.35. The van der Waals surface area contributed by atoms with Gasteiger partial charge in [0.15, 0.2) is 6.10 Å². The number of halogens is 1. The Hall–Kier alpha value is -1.75. The molecule has 0 radical (unpaired) electrons. The SMILES string of the molecule is CC(Oc1cccc(Cl)c1)C(=O)NCCC(=O)O. The number of hydrogen-bond acceptors (Lipinski definition) is 3. The van der Waals surface area contributed by atoms with Crippen molar-refractivity contribution in [3.8, 4) is 5.75 Å². The summed E-state index contributed by atoms with van der Waals surface area (Å²) in [5, 5.41) is 11.4. The molecule has 1 aromatic carbocycles. The van der Waals surface area contributed by atoms with Gasteiger partial charge in [-0.1, -0.05) is 17.7 Å². The molecule has 0 aliphatic carbocycles. The molecule has 1 atom stereocenters. The van der Waals surface area contributed by atoms with Gasteiger partial charge in [-0.25, -0.2) is 0 Å². The highest BCUT2D eigenvalue weighted by Gasteiger charge is 2.14. The molecule has 0 aromatic heterocycles. The van der Waals surface area contributed by atoms with Crippen LogP contribution in [0, 0.1) is 0 Å². The first kappa shape index (κ1) is 14.3. The fourth-order valence-corrected chi connectivity index (χ4v) is 1.41. The largest absolute Gasteiger partial charge is 0.481 e. The molecule has 18 heavy (non-hydrogen) atoms. The van der Waals surface area contributed by atoms with E-state index in [1.165, 1.54) is 0 Å². The molecule has 1 aromatic rings. The van der Waals surface area contributed by atoms with Crippen LogP contribution < -0.4 is 10.1 Å². The summed E-state index contributed by atoms with van der Waals surface area (Å²) in [6.45, 7) is 1.66. The molecular weight excluding hydrogens is 258 g/mol. The van der Waals surface area contributed by atoms with Crippen molar-refractivity contribution in [1.82, 2.24) is 5.32 Å². The van der Waals surface area contributed by atoms with Crippen LogP contribution in [0.25, 0.3) is 0 Å². The lowest BCUT2D eigenvalue weighted by Gasteiger charge is -2.14. The summed E-state index contributed by atoms with van der Waals surface area (Å²) >= 11 is 5.78. The Labute approximate surface area is 110 Å². The van der Waals surface area contributed by atoms with E-state index < -0.39 is 12.1 Å². The minimum Gasteiger partial charge on any atom is -0.481 e. The number of nitrogens with one attached hydrogen (secondary N) is 1. The maximum Gasteiger partial charge on any atom is 0.305 e. The van der Waals surface area contributed by atoms with Crippen molar-refractivity contribution in [2.75, 3.05) is 6.54 Å². The zero-order chi connectivity index (χ0) is 13.5. The van der Waals surface area contributed by atoms with E-state index >= 15 is 0 Å². The summed E-state index contributed by atoms with van der Waals surface area (Å²) in [5.41, 5.74) is 0. The number of carboxylic acid groups (broad SMARTS) is 1. The van der Waals surface area contributed by atoms with Gasteiger partial charge in [-0.15, -0.1) is 0 Å². The lowest BCUT2D eigenvalue weighted by Crippen LogP contribution is -2.37. The van der Waals surface area contributed by atoms with Crippen LogP contribution in [0.4, 0.5) is 0 Å². The molecule has 6 heteroatoms. The van der Waals surface area contributed by atoms with Gasteiger partial charge in [0, 0.05) is 11.6 Å². The van der Waals surface area contributed by atoms with Crippen molar-refractivity contribution in [1.29, 1.82) is 0 Å². The van der Waals surface area contributed by atoms with Crippen molar-refractivity contribution in [2.45, 2.75) is 19.4 Å². The molecule has 0 aliphatic rings. The third-order valence-electron chi connectivity index (χ3n) is 2.12. The van der Waals surface area contributed by atoms with Crippen molar-refractivity contribution in [2.24, 2.45) is 0 Å². The van der Waals surface area contributed by atoms with Gasteiger partial charge >= 0.3 is 5.97 Å². The van der Waals surface area contributed by atoms with E-state index in [0.29, 0.717) is 10.8 Å². The topological polar surface area (TPSA) is 75.6 Å². The molecule has 1 amide bonds. The Balaban J connectivity index is 2.42. The Morgan fingerprint density at radius 1 is 1.50 bits per heavy atom. The molecular formula is C12H14ClNO4. The molecule has 1 rings (SSSR count). The number of carboxylic acids is 1. The lowest BCUT2D eigenvalue weighted by atomic mass is 10.3. The van der Waals surface area contributed by atoms with Gasteiger partial charge in [0.25, 0.3) is 5.91 Å². The normalized spacial score (nSPS) is 11.7. The molecule has 0 saturated heterocycles. The van der Waals surface area contributed by atoms with E-state index in [9.17, 15) is 9.59 Å². The quantitative estimate of drug-likeness (QED) is 0.826. The number of carbonyl (C=O) groups is 2. The second kappa shape index (κ2) is 6.86. The van der Waals surface area contributed by atoms with Crippen molar-refractivity contribution in [3.63, 3.8) is 0 Å². The lowest BCUT2D eigenvalue weighted by molar-refractivity contribution is -0.137. The van der Waals surface area contributed by atoms with Crippen LogP contribution in [0.3, 0.4) is 0 Å². The van der Waals surface area contributed by atoms with Crippen LogP contribution in [0.1, 0.15) is 13.3 Å².